The predicted octanol–water partition coefficient (Wildman–Crippen LogP) is 2.61. The van der Waals surface area contributed by atoms with Gasteiger partial charge in [0.05, 0.1) is 25.5 Å². The molecule has 1 aliphatic rings. The van der Waals surface area contributed by atoms with E-state index in [1.54, 1.807) is 0 Å². The summed E-state index contributed by atoms with van der Waals surface area (Å²) in [6.07, 6.45) is 6.47. The monoisotopic (exact) mass is 440 g/mol. The van der Waals surface area contributed by atoms with Crippen molar-refractivity contribution >= 4 is 7.60 Å². The highest BCUT2D eigenvalue weighted by molar-refractivity contribution is 7.52. The molecule has 1 unspecified atom stereocenters. The Morgan fingerprint density at radius 1 is 0.828 bits per heavy atom. The number of rotatable bonds is 18. The van der Waals surface area contributed by atoms with Crippen molar-refractivity contribution in [1.29, 1.82) is 0 Å². The molecule has 1 aliphatic heterocycles. The van der Waals surface area contributed by atoms with Gasteiger partial charge >= 0.3 is 7.60 Å². The molecule has 0 radical (unpaired) electrons. The van der Waals surface area contributed by atoms with Gasteiger partial charge in [-0.1, -0.05) is 51.9 Å². The van der Waals surface area contributed by atoms with Gasteiger partial charge in [0, 0.05) is 13.2 Å². The largest absolute Gasteiger partial charge is 0.394 e. The average molecular weight is 441 g/mol. The average Bonchev–Trinajstić information content (AvgIpc) is 2.95. The van der Waals surface area contributed by atoms with Crippen LogP contribution in [-0.2, 0) is 18.6 Å². The van der Waals surface area contributed by atoms with Gasteiger partial charge in [0.15, 0.2) is 0 Å². The molecule has 0 bridgehead atoms. The summed E-state index contributed by atoms with van der Waals surface area (Å²) in [4.78, 5) is 9.90. The molecule has 0 spiro atoms. The summed E-state index contributed by atoms with van der Waals surface area (Å²) in [5.74, 6) is 0. The van der Waals surface area contributed by atoms with Gasteiger partial charge in [-0.15, -0.1) is 0 Å². The summed E-state index contributed by atoms with van der Waals surface area (Å²) < 4.78 is 28.0. The third-order valence-electron chi connectivity index (χ3n) is 5.17. The molecule has 1 rings (SSSR count). The molecular formula is C20H41O8P. The highest BCUT2D eigenvalue weighted by Crippen LogP contribution is 2.45. The maximum absolute atomic E-state index is 12.1. The lowest BCUT2D eigenvalue weighted by molar-refractivity contribution is -0.0175. The molecule has 0 aromatic heterocycles. The van der Waals surface area contributed by atoms with Crippen molar-refractivity contribution in [3.8, 4) is 0 Å². The van der Waals surface area contributed by atoms with Crippen LogP contribution in [0, 0.1) is 0 Å². The van der Waals surface area contributed by atoms with Gasteiger partial charge in [0.2, 0.25) is 0 Å². The second-order valence-electron chi connectivity index (χ2n) is 7.82. The second-order valence-corrected chi connectivity index (χ2v) is 9.72. The fourth-order valence-corrected chi connectivity index (χ4v) is 4.64. The van der Waals surface area contributed by atoms with Crippen LogP contribution in [0.1, 0.15) is 71.1 Å². The van der Waals surface area contributed by atoms with Crippen molar-refractivity contribution in [1.82, 2.24) is 0 Å². The van der Waals surface area contributed by atoms with E-state index in [0.717, 1.165) is 19.4 Å². The molecule has 0 aromatic carbocycles. The molecule has 174 valence electrons. The molecule has 1 heterocycles. The topological polar surface area (TPSA) is 126 Å². The zero-order chi connectivity index (χ0) is 21.5. The number of aliphatic hydroxyl groups excluding tert-OH is 3. The summed E-state index contributed by atoms with van der Waals surface area (Å²) >= 11 is 0. The zero-order valence-electron chi connectivity index (χ0n) is 17.8. The highest BCUT2D eigenvalue weighted by Gasteiger charge is 2.45. The van der Waals surface area contributed by atoms with E-state index >= 15 is 0 Å². The van der Waals surface area contributed by atoms with Crippen LogP contribution < -0.4 is 0 Å². The highest BCUT2D eigenvalue weighted by atomic mass is 31.2. The number of hydrogen-bond donors (Lipinski definition) is 4. The van der Waals surface area contributed by atoms with Crippen LogP contribution in [0.25, 0.3) is 0 Å². The third kappa shape index (κ3) is 11.8. The Morgan fingerprint density at radius 2 is 1.34 bits per heavy atom. The van der Waals surface area contributed by atoms with E-state index in [1.807, 2.05) is 0 Å². The van der Waals surface area contributed by atoms with Gasteiger partial charge in [0.1, 0.15) is 18.3 Å². The van der Waals surface area contributed by atoms with Crippen LogP contribution >= 0.6 is 7.60 Å². The summed E-state index contributed by atoms with van der Waals surface area (Å²) in [6, 6.07) is 0. The normalized spacial score (nSPS) is 26.7. The summed E-state index contributed by atoms with van der Waals surface area (Å²) in [5.41, 5.74) is 0. The Labute approximate surface area is 175 Å². The van der Waals surface area contributed by atoms with Crippen molar-refractivity contribution in [2.24, 2.45) is 0 Å². The number of unbranched alkanes of at least 4 members (excludes halogenated alkanes) is 8. The van der Waals surface area contributed by atoms with Crippen LogP contribution in [0.15, 0.2) is 0 Å². The minimum Gasteiger partial charge on any atom is -0.394 e. The van der Waals surface area contributed by atoms with E-state index in [-0.39, 0.29) is 6.61 Å². The molecule has 9 heteroatoms. The first-order valence-corrected chi connectivity index (χ1v) is 12.8. The van der Waals surface area contributed by atoms with E-state index in [0.29, 0.717) is 13.0 Å². The van der Waals surface area contributed by atoms with E-state index in [1.165, 1.54) is 44.9 Å². The molecule has 1 saturated heterocycles. The van der Waals surface area contributed by atoms with Crippen LogP contribution in [0.3, 0.4) is 0 Å². The van der Waals surface area contributed by atoms with Gasteiger partial charge in [-0.25, -0.2) is 0 Å². The summed E-state index contributed by atoms with van der Waals surface area (Å²) in [7, 11) is -3.95. The minimum absolute atomic E-state index is 0.115. The van der Waals surface area contributed by atoms with Crippen molar-refractivity contribution in [3.63, 3.8) is 0 Å². The minimum atomic E-state index is -3.95. The molecule has 5 atom stereocenters. The predicted molar refractivity (Wildman–Crippen MR) is 111 cm³/mol. The summed E-state index contributed by atoms with van der Waals surface area (Å²) in [5, 5.41) is 28.5. The molecule has 4 N–H and O–H groups in total. The van der Waals surface area contributed by atoms with Crippen molar-refractivity contribution in [2.75, 3.05) is 32.6 Å². The van der Waals surface area contributed by atoms with Gasteiger partial charge in [-0.3, -0.25) is 4.57 Å². The Balaban J connectivity index is 1.97. The zero-order valence-corrected chi connectivity index (χ0v) is 18.7. The van der Waals surface area contributed by atoms with Crippen LogP contribution in [0.5, 0.6) is 0 Å². The smallest absolute Gasteiger partial charge is 0.330 e. The van der Waals surface area contributed by atoms with E-state index in [9.17, 15) is 19.7 Å². The quantitative estimate of drug-likeness (QED) is 0.189. The summed E-state index contributed by atoms with van der Waals surface area (Å²) in [6.45, 7) is 3.22. The Morgan fingerprint density at radius 3 is 1.93 bits per heavy atom. The van der Waals surface area contributed by atoms with Crippen LogP contribution in [0.4, 0.5) is 0 Å². The number of aliphatic hydroxyl groups is 3. The molecule has 0 saturated carbocycles. The van der Waals surface area contributed by atoms with Crippen LogP contribution in [0.2, 0.25) is 0 Å². The Kier molecular flexibility index (Phi) is 14.6. The van der Waals surface area contributed by atoms with E-state index in [4.69, 9.17) is 19.1 Å². The molecule has 8 nitrogen and oxygen atoms in total. The maximum atomic E-state index is 12.1. The first kappa shape index (κ1) is 27.0. The molecular weight excluding hydrogens is 399 g/mol. The second kappa shape index (κ2) is 15.7. The fraction of sp³-hybridized carbons (Fsp3) is 1.00. The first-order valence-electron chi connectivity index (χ1n) is 11.1. The van der Waals surface area contributed by atoms with Crippen molar-refractivity contribution in [2.45, 2.75) is 95.5 Å². The van der Waals surface area contributed by atoms with E-state index in [2.05, 4.69) is 6.92 Å². The van der Waals surface area contributed by atoms with Crippen LogP contribution in [-0.4, -0.2) is 77.2 Å². The molecule has 0 aliphatic carbocycles. The molecule has 1 fully saturated rings. The number of hydrogen-bond acceptors (Lipinski definition) is 7. The Bertz CT molecular complexity index is 450. The Hall–Kier alpha value is -0.0500. The number of ether oxygens (including phenoxy) is 2. The lowest BCUT2D eigenvalue weighted by Crippen LogP contribution is -2.34. The van der Waals surface area contributed by atoms with Gasteiger partial charge < -0.3 is 34.2 Å². The SMILES string of the molecule is CCCCCCCCCCOCCCCOP(=O)(O)C[C@@H]1O[C@H](CO)[C@@H](O)[C@@H]1O. The van der Waals surface area contributed by atoms with Gasteiger partial charge in [-0.05, 0) is 19.3 Å². The molecule has 29 heavy (non-hydrogen) atoms. The first-order chi connectivity index (χ1) is 13.9. The lowest BCUT2D eigenvalue weighted by atomic mass is 10.1. The third-order valence-corrected chi connectivity index (χ3v) is 6.58. The standard InChI is InChI=1S/C20H41O8P/c1-2-3-4-5-6-7-8-9-12-26-13-10-11-14-27-29(24,25)16-18-20(23)19(22)17(15-21)28-18/h17-23H,2-16H2,1H3,(H,24,25)/t17-,18+,19-,20-/m1/s1. The van der Waals surface area contributed by atoms with E-state index < -0.39 is 44.8 Å². The van der Waals surface area contributed by atoms with Gasteiger partial charge in [0.25, 0.3) is 0 Å². The maximum Gasteiger partial charge on any atom is 0.330 e. The fourth-order valence-electron chi connectivity index (χ4n) is 3.36. The lowest BCUT2D eigenvalue weighted by Gasteiger charge is -2.18. The van der Waals surface area contributed by atoms with Crippen molar-refractivity contribution < 1.29 is 38.8 Å². The molecule has 0 amide bonds. The van der Waals surface area contributed by atoms with Gasteiger partial charge in [-0.2, -0.15) is 0 Å². The molecule has 0 aromatic rings. The van der Waals surface area contributed by atoms with Crippen molar-refractivity contribution in [3.05, 3.63) is 0 Å².